The monoisotopic (exact) mass is 297 g/mol. The number of anilines is 1. The predicted octanol–water partition coefficient (Wildman–Crippen LogP) is 4.73. The molecular formula is C17H19N3S. The van der Waals surface area contributed by atoms with Gasteiger partial charge >= 0.3 is 0 Å². The first kappa shape index (κ1) is 12.9. The lowest BCUT2D eigenvalue weighted by atomic mass is 10.2. The van der Waals surface area contributed by atoms with Gasteiger partial charge in [0, 0.05) is 12.2 Å². The van der Waals surface area contributed by atoms with Crippen LogP contribution in [-0.4, -0.2) is 15.4 Å². The standard InChI is InChI=1S/C17H19N3S/c1-12-9-11-21-16(12)15-17(18-13-6-2-3-7-13)20-10-5-4-8-14(20)19-15/h4-5,8-11,13,18H,2-3,6-7H2,1H3. The SMILES string of the molecule is Cc1ccsc1-c1nc2ccccn2c1NC1CCCC1. The molecule has 0 unspecified atom stereocenters. The first-order valence-electron chi connectivity index (χ1n) is 7.61. The molecule has 3 heterocycles. The third-order valence-electron chi connectivity index (χ3n) is 4.30. The van der Waals surface area contributed by atoms with E-state index in [1.54, 1.807) is 11.3 Å². The van der Waals surface area contributed by atoms with Crippen LogP contribution in [0.2, 0.25) is 0 Å². The van der Waals surface area contributed by atoms with Crippen LogP contribution in [0, 0.1) is 6.92 Å². The molecule has 0 aromatic carbocycles. The Morgan fingerprint density at radius 2 is 2.10 bits per heavy atom. The van der Waals surface area contributed by atoms with E-state index in [9.17, 15) is 0 Å². The maximum absolute atomic E-state index is 4.87. The molecule has 1 saturated carbocycles. The van der Waals surface area contributed by atoms with Crippen LogP contribution < -0.4 is 5.32 Å². The van der Waals surface area contributed by atoms with E-state index in [4.69, 9.17) is 4.98 Å². The lowest BCUT2D eigenvalue weighted by Gasteiger charge is -2.14. The maximum atomic E-state index is 4.87. The number of hydrogen-bond acceptors (Lipinski definition) is 3. The number of aryl methyl sites for hydroxylation is 1. The summed E-state index contributed by atoms with van der Waals surface area (Å²) in [7, 11) is 0. The van der Waals surface area contributed by atoms with Gasteiger partial charge in [-0.05, 0) is 48.9 Å². The van der Waals surface area contributed by atoms with Gasteiger partial charge in [-0.2, -0.15) is 0 Å². The van der Waals surface area contributed by atoms with E-state index in [2.05, 4.69) is 46.4 Å². The molecule has 0 saturated heterocycles. The molecule has 0 amide bonds. The van der Waals surface area contributed by atoms with E-state index >= 15 is 0 Å². The zero-order valence-corrected chi connectivity index (χ0v) is 13.0. The number of aromatic nitrogens is 2. The van der Waals surface area contributed by atoms with Gasteiger partial charge in [-0.3, -0.25) is 4.40 Å². The minimum absolute atomic E-state index is 0.587. The minimum atomic E-state index is 0.587. The zero-order valence-electron chi connectivity index (χ0n) is 12.2. The largest absolute Gasteiger partial charge is 0.367 e. The Labute approximate surface area is 128 Å². The molecule has 1 N–H and O–H groups in total. The summed E-state index contributed by atoms with van der Waals surface area (Å²) in [5.74, 6) is 1.16. The van der Waals surface area contributed by atoms with E-state index in [1.165, 1.54) is 36.1 Å². The molecule has 3 aromatic heterocycles. The van der Waals surface area contributed by atoms with Crippen molar-refractivity contribution in [2.24, 2.45) is 0 Å². The lowest BCUT2D eigenvalue weighted by molar-refractivity contribution is 0.749. The van der Waals surface area contributed by atoms with Crippen LogP contribution in [0.4, 0.5) is 5.82 Å². The van der Waals surface area contributed by atoms with Crippen LogP contribution >= 0.6 is 11.3 Å². The Bertz CT molecular complexity index is 765. The summed E-state index contributed by atoms with van der Waals surface area (Å²) in [4.78, 5) is 6.15. The van der Waals surface area contributed by atoms with E-state index < -0.39 is 0 Å². The molecule has 0 bridgehead atoms. The Morgan fingerprint density at radius 3 is 2.86 bits per heavy atom. The molecule has 1 aliphatic carbocycles. The highest BCUT2D eigenvalue weighted by molar-refractivity contribution is 7.13. The van der Waals surface area contributed by atoms with E-state index in [1.807, 2.05) is 6.07 Å². The Kier molecular flexibility index (Phi) is 3.19. The number of rotatable bonds is 3. The van der Waals surface area contributed by atoms with Crippen molar-refractivity contribution < 1.29 is 0 Å². The quantitative estimate of drug-likeness (QED) is 0.757. The van der Waals surface area contributed by atoms with E-state index in [0.717, 1.165) is 17.2 Å². The predicted molar refractivity (Wildman–Crippen MR) is 89.1 cm³/mol. The molecule has 3 nitrogen and oxygen atoms in total. The summed E-state index contributed by atoms with van der Waals surface area (Å²) in [6.07, 6.45) is 7.31. The smallest absolute Gasteiger partial charge is 0.139 e. The highest BCUT2D eigenvalue weighted by Crippen LogP contribution is 2.36. The number of pyridine rings is 1. The summed E-state index contributed by atoms with van der Waals surface area (Å²) >= 11 is 1.77. The van der Waals surface area contributed by atoms with Crippen molar-refractivity contribution >= 4 is 22.8 Å². The van der Waals surface area contributed by atoms with Crippen molar-refractivity contribution in [3.8, 4) is 10.6 Å². The van der Waals surface area contributed by atoms with Gasteiger partial charge in [-0.25, -0.2) is 4.98 Å². The number of imidazole rings is 1. The number of fused-ring (bicyclic) bond motifs is 1. The van der Waals surface area contributed by atoms with Gasteiger partial charge in [0.1, 0.15) is 17.2 Å². The highest BCUT2D eigenvalue weighted by atomic mass is 32.1. The van der Waals surface area contributed by atoms with Gasteiger partial charge in [0.15, 0.2) is 0 Å². The van der Waals surface area contributed by atoms with Gasteiger partial charge in [-0.15, -0.1) is 11.3 Å². The molecule has 0 aliphatic heterocycles. The fraction of sp³-hybridized carbons (Fsp3) is 0.353. The minimum Gasteiger partial charge on any atom is -0.367 e. The topological polar surface area (TPSA) is 29.3 Å². The van der Waals surface area contributed by atoms with Crippen LogP contribution in [0.3, 0.4) is 0 Å². The van der Waals surface area contributed by atoms with Gasteiger partial charge < -0.3 is 5.32 Å². The molecule has 0 spiro atoms. The second kappa shape index (κ2) is 5.19. The first-order chi connectivity index (χ1) is 10.3. The average molecular weight is 297 g/mol. The first-order valence-corrected chi connectivity index (χ1v) is 8.49. The maximum Gasteiger partial charge on any atom is 0.139 e. The molecule has 4 rings (SSSR count). The number of nitrogens with one attached hydrogen (secondary N) is 1. The summed E-state index contributed by atoms with van der Waals surface area (Å²) in [6, 6.07) is 8.95. The molecule has 21 heavy (non-hydrogen) atoms. The van der Waals surface area contributed by atoms with Crippen LogP contribution in [-0.2, 0) is 0 Å². The van der Waals surface area contributed by atoms with Crippen molar-refractivity contribution in [1.29, 1.82) is 0 Å². The zero-order chi connectivity index (χ0) is 14.2. The van der Waals surface area contributed by atoms with Gasteiger partial charge in [0.25, 0.3) is 0 Å². The summed E-state index contributed by atoms with van der Waals surface area (Å²) in [5.41, 5.74) is 3.42. The third-order valence-corrected chi connectivity index (χ3v) is 5.33. The fourth-order valence-electron chi connectivity index (χ4n) is 3.17. The normalized spacial score (nSPS) is 15.9. The van der Waals surface area contributed by atoms with Crippen LogP contribution in [0.1, 0.15) is 31.2 Å². The molecule has 0 radical (unpaired) electrons. The van der Waals surface area contributed by atoms with Gasteiger partial charge in [0.2, 0.25) is 0 Å². The van der Waals surface area contributed by atoms with Gasteiger partial charge in [0.05, 0.1) is 4.88 Å². The third kappa shape index (κ3) is 2.23. The molecular weight excluding hydrogens is 278 g/mol. The Hall–Kier alpha value is -1.81. The van der Waals surface area contributed by atoms with Crippen LogP contribution in [0.25, 0.3) is 16.2 Å². The molecule has 108 valence electrons. The Balaban J connectivity index is 1.86. The van der Waals surface area contributed by atoms with Crippen molar-refractivity contribution in [3.63, 3.8) is 0 Å². The molecule has 1 fully saturated rings. The highest BCUT2D eigenvalue weighted by Gasteiger charge is 2.21. The van der Waals surface area contributed by atoms with Crippen molar-refractivity contribution in [2.75, 3.05) is 5.32 Å². The van der Waals surface area contributed by atoms with E-state index in [-0.39, 0.29) is 0 Å². The number of hydrogen-bond donors (Lipinski definition) is 1. The van der Waals surface area contributed by atoms with Crippen LogP contribution in [0.15, 0.2) is 35.8 Å². The second-order valence-corrected chi connectivity index (χ2v) is 6.71. The second-order valence-electron chi connectivity index (χ2n) is 5.80. The Morgan fingerprint density at radius 1 is 1.24 bits per heavy atom. The number of thiophene rings is 1. The average Bonchev–Trinajstić information content (AvgIpc) is 3.20. The van der Waals surface area contributed by atoms with Crippen molar-refractivity contribution in [3.05, 3.63) is 41.4 Å². The van der Waals surface area contributed by atoms with E-state index in [0.29, 0.717) is 6.04 Å². The summed E-state index contributed by atoms with van der Waals surface area (Å²) in [6.45, 7) is 2.16. The van der Waals surface area contributed by atoms with Gasteiger partial charge in [-0.1, -0.05) is 18.9 Å². The fourth-order valence-corrected chi connectivity index (χ4v) is 4.09. The summed E-state index contributed by atoms with van der Waals surface area (Å²) < 4.78 is 2.19. The molecule has 3 aromatic rings. The molecule has 1 aliphatic rings. The molecule has 0 atom stereocenters. The van der Waals surface area contributed by atoms with Crippen molar-refractivity contribution in [1.82, 2.24) is 9.38 Å². The summed E-state index contributed by atoms with van der Waals surface area (Å²) in [5, 5.41) is 5.90. The lowest BCUT2D eigenvalue weighted by Crippen LogP contribution is -2.16. The number of nitrogens with zero attached hydrogens (tertiary/aromatic N) is 2. The molecule has 4 heteroatoms. The van der Waals surface area contributed by atoms with Crippen molar-refractivity contribution in [2.45, 2.75) is 38.6 Å². The van der Waals surface area contributed by atoms with Crippen LogP contribution in [0.5, 0.6) is 0 Å².